The number of phenols is 1. The summed E-state index contributed by atoms with van der Waals surface area (Å²) in [7, 11) is 0. The second-order valence-electron chi connectivity index (χ2n) is 2.33. The van der Waals surface area contributed by atoms with Crippen molar-refractivity contribution in [3.05, 3.63) is 34.3 Å². The number of benzene rings is 1. The van der Waals surface area contributed by atoms with Gasteiger partial charge in [0.2, 0.25) is 0 Å². The normalized spacial score (nSPS) is 9.64. The fourth-order valence-corrected chi connectivity index (χ4v) is 1.37. The number of aryl methyl sites for hydroxylation is 1. The van der Waals surface area contributed by atoms with Gasteiger partial charge in [-0.15, -0.1) is 0 Å². The number of hydrogen-bond donors (Lipinski definition) is 1. The average molecular weight is 213 g/mol. The molecule has 0 atom stereocenters. The summed E-state index contributed by atoms with van der Waals surface area (Å²) in [5, 5.41) is 9.48. The van der Waals surface area contributed by atoms with E-state index in [0.717, 1.165) is 15.6 Å². The SMILES string of the molecule is C=Cc1c(Br)ccc(C)c1O. The number of rotatable bonds is 1. The average Bonchev–Trinajstić information content (AvgIpc) is 1.99. The van der Waals surface area contributed by atoms with Crippen molar-refractivity contribution in [1.29, 1.82) is 0 Å². The van der Waals surface area contributed by atoms with Crippen LogP contribution in [0.15, 0.2) is 23.2 Å². The minimum absolute atomic E-state index is 0.300. The molecule has 1 aromatic carbocycles. The van der Waals surface area contributed by atoms with Gasteiger partial charge >= 0.3 is 0 Å². The topological polar surface area (TPSA) is 20.2 Å². The maximum atomic E-state index is 9.48. The number of hydrogen-bond acceptors (Lipinski definition) is 1. The summed E-state index contributed by atoms with van der Waals surface area (Å²) in [6, 6.07) is 3.75. The number of aromatic hydroxyl groups is 1. The highest BCUT2D eigenvalue weighted by Gasteiger charge is 2.03. The molecule has 0 heterocycles. The first-order valence-electron chi connectivity index (χ1n) is 3.27. The van der Waals surface area contributed by atoms with Crippen molar-refractivity contribution in [3.8, 4) is 5.75 Å². The quantitative estimate of drug-likeness (QED) is 0.759. The summed E-state index contributed by atoms with van der Waals surface area (Å²) in [5.74, 6) is 0.300. The molecule has 0 saturated carbocycles. The van der Waals surface area contributed by atoms with Gasteiger partial charge < -0.3 is 5.11 Å². The molecule has 0 aliphatic heterocycles. The van der Waals surface area contributed by atoms with Crippen LogP contribution in [-0.2, 0) is 0 Å². The van der Waals surface area contributed by atoms with Crippen molar-refractivity contribution in [2.24, 2.45) is 0 Å². The van der Waals surface area contributed by atoms with Crippen LogP contribution in [0, 0.1) is 6.92 Å². The van der Waals surface area contributed by atoms with Crippen LogP contribution in [0.1, 0.15) is 11.1 Å². The van der Waals surface area contributed by atoms with Crippen molar-refractivity contribution in [2.75, 3.05) is 0 Å². The van der Waals surface area contributed by atoms with E-state index in [1.807, 2.05) is 19.1 Å². The molecule has 0 amide bonds. The molecule has 0 unspecified atom stereocenters. The first-order valence-corrected chi connectivity index (χ1v) is 4.06. The Hall–Kier alpha value is -0.760. The van der Waals surface area contributed by atoms with E-state index in [2.05, 4.69) is 22.5 Å². The maximum Gasteiger partial charge on any atom is 0.126 e. The Morgan fingerprint density at radius 3 is 2.64 bits per heavy atom. The number of halogens is 1. The zero-order valence-corrected chi connectivity index (χ0v) is 7.85. The summed E-state index contributed by atoms with van der Waals surface area (Å²) in [6.07, 6.45) is 1.63. The first-order chi connectivity index (χ1) is 5.16. The van der Waals surface area contributed by atoms with Crippen LogP contribution < -0.4 is 0 Å². The molecule has 11 heavy (non-hydrogen) atoms. The standard InChI is InChI=1S/C9H9BrO/c1-3-7-8(10)5-4-6(2)9(7)11/h3-5,11H,1H2,2H3. The van der Waals surface area contributed by atoms with E-state index in [-0.39, 0.29) is 0 Å². The van der Waals surface area contributed by atoms with Gasteiger partial charge in [0.25, 0.3) is 0 Å². The molecule has 0 radical (unpaired) electrons. The van der Waals surface area contributed by atoms with Crippen molar-refractivity contribution >= 4 is 22.0 Å². The number of phenolic OH excluding ortho intramolecular Hbond substituents is 1. The Morgan fingerprint density at radius 1 is 1.55 bits per heavy atom. The molecule has 0 bridgehead atoms. The Labute approximate surface area is 74.5 Å². The van der Waals surface area contributed by atoms with Crippen LogP contribution in [0.25, 0.3) is 6.08 Å². The van der Waals surface area contributed by atoms with Crippen LogP contribution in [0.4, 0.5) is 0 Å². The van der Waals surface area contributed by atoms with Crippen LogP contribution >= 0.6 is 15.9 Å². The summed E-state index contributed by atoms with van der Waals surface area (Å²) >= 11 is 3.31. The van der Waals surface area contributed by atoms with E-state index in [0.29, 0.717) is 5.75 Å². The molecule has 1 rings (SSSR count). The fraction of sp³-hybridized carbons (Fsp3) is 0.111. The van der Waals surface area contributed by atoms with Crippen molar-refractivity contribution in [3.63, 3.8) is 0 Å². The highest BCUT2D eigenvalue weighted by molar-refractivity contribution is 9.10. The van der Waals surface area contributed by atoms with Crippen LogP contribution in [0.5, 0.6) is 5.75 Å². The van der Waals surface area contributed by atoms with Gasteiger partial charge in [-0.3, -0.25) is 0 Å². The van der Waals surface area contributed by atoms with Gasteiger partial charge in [0.15, 0.2) is 0 Å². The van der Waals surface area contributed by atoms with Crippen molar-refractivity contribution in [1.82, 2.24) is 0 Å². The molecule has 2 heteroatoms. The maximum absolute atomic E-state index is 9.48. The van der Waals surface area contributed by atoms with Crippen LogP contribution in [-0.4, -0.2) is 5.11 Å². The molecule has 1 N–H and O–H groups in total. The Morgan fingerprint density at radius 2 is 2.18 bits per heavy atom. The summed E-state index contributed by atoms with van der Waals surface area (Å²) in [4.78, 5) is 0. The van der Waals surface area contributed by atoms with Crippen LogP contribution in [0.3, 0.4) is 0 Å². The third-order valence-corrected chi connectivity index (χ3v) is 2.26. The monoisotopic (exact) mass is 212 g/mol. The molecule has 0 saturated heterocycles. The van der Waals surface area contributed by atoms with Gasteiger partial charge in [-0.1, -0.05) is 34.7 Å². The van der Waals surface area contributed by atoms with Gasteiger partial charge in [-0.05, 0) is 18.6 Å². The Kier molecular flexibility index (Phi) is 2.35. The summed E-state index contributed by atoms with van der Waals surface area (Å²) in [5.41, 5.74) is 1.62. The Bertz CT molecular complexity index is 292. The van der Waals surface area contributed by atoms with Gasteiger partial charge in [-0.2, -0.15) is 0 Å². The molecular formula is C9H9BrO. The van der Waals surface area contributed by atoms with Crippen molar-refractivity contribution in [2.45, 2.75) is 6.92 Å². The molecular weight excluding hydrogens is 204 g/mol. The van der Waals surface area contributed by atoms with Gasteiger partial charge in [0, 0.05) is 10.0 Å². The van der Waals surface area contributed by atoms with E-state index in [9.17, 15) is 5.11 Å². The minimum atomic E-state index is 0.300. The lowest BCUT2D eigenvalue weighted by atomic mass is 10.1. The summed E-state index contributed by atoms with van der Waals surface area (Å²) in [6.45, 7) is 5.46. The highest BCUT2D eigenvalue weighted by Crippen LogP contribution is 2.29. The minimum Gasteiger partial charge on any atom is -0.507 e. The van der Waals surface area contributed by atoms with Gasteiger partial charge in [-0.25, -0.2) is 0 Å². The smallest absolute Gasteiger partial charge is 0.126 e. The molecule has 0 aromatic heterocycles. The lowest BCUT2D eigenvalue weighted by Gasteiger charge is -2.04. The predicted octanol–water partition coefficient (Wildman–Crippen LogP) is 3.11. The van der Waals surface area contributed by atoms with Gasteiger partial charge in [0.05, 0.1) is 0 Å². The third-order valence-electron chi connectivity index (χ3n) is 1.57. The second-order valence-corrected chi connectivity index (χ2v) is 3.19. The molecule has 58 valence electrons. The zero-order valence-electron chi connectivity index (χ0n) is 6.26. The lowest BCUT2D eigenvalue weighted by Crippen LogP contribution is -1.80. The Balaban J connectivity index is 3.40. The van der Waals surface area contributed by atoms with E-state index >= 15 is 0 Å². The molecule has 0 spiro atoms. The second kappa shape index (κ2) is 3.09. The van der Waals surface area contributed by atoms with E-state index in [1.165, 1.54) is 0 Å². The van der Waals surface area contributed by atoms with E-state index in [4.69, 9.17) is 0 Å². The highest BCUT2D eigenvalue weighted by atomic mass is 79.9. The third kappa shape index (κ3) is 1.46. The first kappa shape index (κ1) is 8.34. The van der Waals surface area contributed by atoms with E-state index < -0.39 is 0 Å². The molecule has 0 fully saturated rings. The zero-order chi connectivity index (χ0) is 8.43. The van der Waals surface area contributed by atoms with Crippen LogP contribution in [0.2, 0.25) is 0 Å². The molecule has 0 aliphatic carbocycles. The van der Waals surface area contributed by atoms with Gasteiger partial charge in [0.1, 0.15) is 5.75 Å². The van der Waals surface area contributed by atoms with Crippen molar-refractivity contribution < 1.29 is 5.11 Å². The predicted molar refractivity (Wildman–Crippen MR) is 50.6 cm³/mol. The largest absolute Gasteiger partial charge is 0.507 e. The van der Waals surface area contributed by atoms with E-state index in [1.54, 1.807) is 6.08 Å². The summed E-state index contributed by atoms with van der Waals surface area (Å²) < 4.78 is 0.871. The fourth-order valence-electron chi connectivity index (χ4n) is 0.887. The molecule has 1 nitrogen and oxygen atoms in total. The molecule has 0 aliphatic rings. The molecule has 1 aromatic rings. The lowest BCUT2D eigenvalue weighted by molar-refractivity contribution is 0.469.